The molecule has 0 fully saturated rings. The molecule has 4 heteroatoms. The van der Waals surface area contributed by atoms with Gasteiger partial charge in [0.1, 0.15) is 5.75 Å². The Morgan fingerprint density at radius 1 is 1.30 bits per heavy atom. The average molecular weight is 297 g/mol. The Kier molecular flexibility index (Phi) is 7.24. The smallest absolute Gasteiger partial charge is 0.123 e. The van der Waals surface area contributed by atoms with Gasteiger partial charge in [-0.2, -0.15) is 0 Å². The predicted octanol–water partition coefficient (Wildman–Crippen LogP) is 3.27. The lowest BCUT2D eigenvalue weighted by molar-refractivity contribution is 0.411. The number of hydrogen-bond acceptors (Lipinski definition) is 3. The lowest BCUT2D eigenvalue weighted by Crippen LogP contribution is -2.13. The van der Waals surface area contributed by atoms with E-state index in [0.717, 1.165) is 23.5 Å². The van der Waals surface area contributed by atoms with Gasteiger partial charge in [0.15, 0.2) is 0 Å². The molecule has 2 unspecified atom stereocenters. The summed E-state index contributed by atoms with van der Waals surface area (Å²) in [6, 6.07) is 6.41. The van der Waals surface area contributed by atoms with Gasteiger partial charge in [-0.1, -0.05) is 19.9 Å². The molecule has 0 bridgehead atoms. The topological polar surface area (TPSA) is 38.3 Å². The lowest BCUT2D eigenvalue weighted by atomic mass is 10.1. The molecule has 0 spiro atoms. The van der Waals surface area contributed by atoms with Gasteiger partial charge >= 0.3 is 0 Å². The molecule has 1 aromatic carbocycles. The van der Waals surface area contributed by atoms with E-state index in [9.17, 15) is 4.21 Å². The summed E-state index contributed by atoms with van der Waals surface area (Å²) < 4.78 is 17.6. The minimum absolute atomic E-state index is 0.281. The van der Waals surface area contributed by atoms with Crippen molar-refractivity contribution in [1.29, 1.82) is 0 Å². The van der Waals surface area contributed by atoms with Crippen molar-refractivity contribution in [3.63, 3.8) is 0 Å². The molecule has 3 nitrogen and oxygen atoms in total. The number of ether oxygens (including phenoxy) is 1. The fraction of sp³-hybridized carbons (Fsp3) is 0.625. The summed E-state index contributed by atoms with van der Waals surface area (Å²) in [5, 5.41) is 3.22. The van der Waals surface area contributed by atoms with Gasteiger partial charge in [-0.05, 0) is 44.0 Å². The monoisotopic (exact) mass is 297 g/mol. The van der Waals surface area contributed by atoms with Gasteiger partial charge in [0.2, 0.25) is 0 Å². The Labute approximate surface area is 125 Å². The van der Waals surface area contributed by atoms with Crippen LogP contribution in [0.5, 0.6) is 5.75 Å². The Balaban J connectivity index is 2.83. The highest BCUT2D eigenvalue weighted by molar-refractivity contribution is 7.84. The molecule has 1 rings (SSSR count). The van der Waals surface area contributed by atoms with E-state index in [1.54, 1.807) is 7.11 Å². The van der Waals surface area contributed by atoms with Gasteiger partial charge in [0, 0.05) is 28.2 Å². The molecule has 1 N–H and O–H groups in total. The fourth-order valence-electron chi connectivity index (χ4n) is 1.96. The van der Waals surface area contributed by atoms with E-state index in [0.29, 0.717) is 11.7 Å². The van der Waals surface area contributed by atoms with E-state index >= 15 is 0 Å². The minimum Gasteiger partial charge on any atom is -0.496 e. The molecule has 0 saturated heterocycles. The zero-order chi connectivity index (χ0) is 15.1. The number of rotatable bonds is 8. The lowest BCUT2D eigenvalue weighted by Gasteiger charge is -2.15. The molecule has 1 aromatic rings. The van der Waals surface area contributed by atoms with Crippen molar-refractivity contribution in [1.82, 2.24) is 5.32 Å². The highest BCUT2D eigenvalue weighted by Gasteiger charge is 2.11. The molecular weight excluding hydrogens is 270 g/mol. The maximum absolute atomic E-state index is 12.2. The van der Waals surface area contributed by atoms with Crippen molar-refractivity contribution >= 4 is 10.8 Å². The third-order valence-corrected chi connectivity index (χ3v) is 4.80. The molecule has 0 heterocycles. The summed E-state index contributed by atoms with van der Waals surface area (Å²) in [4.78, 5) is 0. The van der Waals surface area contributed by atoms with Crippen molar-refractivity contribution in [3.8, 4) is 5.75 Å². The second kappa shape index (κ2) is 8.42. The highest BCUT2D eigenvalue weighted by Crippen LogP contribution is 2.24. The molecule has 0 amide bonds. The van der Waals surface area contributed by atoms with Crippen LogP contribution in [0.15, 0.2) is 18.2 Å². The largest absolute Gasteiger partial charge is 0.496 e. The summed E-state index contributed by atoms with van der Waals surface area (Å²) in [5.41, 5.74) is 2.23. The maximum Gasteiger partial charge on any atom is 0.123 e. The first kappa shape index (κ1) is 17.2. The quantitative estimate of drug-likeness (QED) is 0.800. The van der Waals surface area contributed by atoms with Gasteiger partial charge < -0.3 is 10.1 Å². The molecule has 114 valence electrons. The maximum atomic E-state index is 12.2. The summed E-state index contributed by atoms with van der Waals surface area (Å²) in [7, 11) is 2.78. The van der Waals surface area contributed by atoms with Crippen LogP contribution in [0.25, 0.3) is 0 Å². The Hall–Kier alpha value is -0.870. The van der Waals surface area contributed by atoms with Crippen LogP contribution in [0, 0.1) is 5.92 Å². The third kappa shape index (κ3) is 5.25. The molecule has 2 atom stereocenters. The summed E-state index contributed by atoms with van der Waals surface area (Å²) in [5.74, 6) is 2.75. The molecule has 20 heavy (non-hydrogen) atoms. The van der Waals surface area contributed by atoms with E-state index in [1.165, 1.54) is 5.56 Å². The van der Waals surface area contributed by atoms with Crippen LogP contribution in [0.2, 0.25) is 0 Å². The van der Waals surface area contributed by atoms with Gasteiger partial charge in [-0.25, -0.2) is 0 Å². The Morgan fingerprint density at radius 3 is 2.55 bits per heavy atom. The minimum atomic E-state index is -0.827. The second-order valence-corrected chi connectivity index (χ2v) is 7.13. The number of benzene rings is 1. The molecule has 0 aromatic heterocycles. The normalized spacial score (nSPS) is 14.3. The van der Waals surface area contributed by atoms with E-state index < -0.39 is 10.8 Å². The van der Waals surface area contributed by atoms with E-state index in [4.69, 9.17) is 4.74 Å². The summed E-state index contributed by atoms with van der Waals surface area (Å²) >= 11 is 0. The van der Waals surface area contributed by atoms with Crippen LogP contribution in [0.1, 0.15) is 44.4 Å². The number of hydrogen-bond donors (Lipinski definition) is 1. The van der Waals surface area contributed by atoms with E-state index in [-0.39, 0.29) is 6.04 Å². The average Bonchev–Trinajstić information content (AvgIpc) is 2.44. The summed E-state index contributed by atoms with van der Waals surface area (Å²) in [6.07, 6.45) is 1.00. The van der Waals surface area contributed by atoms with Crippen LogP contribution in [0.4, 0.5) is 0 Å². The highest BCUT2D eigenvalue weighted by atomic mass is 32.2. The van der Waals surface area contributed by atoms with Crippen LogP contribution in [0.3, 0.4) is 0 Å². The van der Waals surface area contributed by atoms with Gasteiger partial charge in [0.25, 0.3) is 0 Å². The van der Waals surface area contributed by atoms with Gasteiger partial charge in [0.05, 0.1) is 12.9 Å². The van der Waals surface area contributed by atoms with Crippen molar-refractivity contribution in [2.24, 2.45) is 5.92 Å². The molecule has 0 radical (unpaired) electrons. The number of methoxy groups -OCH3 is 1. The molecule has 0 aliphatic carbocycles. The SMILES string of the molecule is CNC(C)c1ccc(OC)c(CS(=O)CCC(C)C)c1. The van der Waals surface area contributed by atoms with Crippen molar-refractivity contribution < 1.29 is 8.95 Å². The molecular formula is C16H27NO2S. The molecule has 0 saturated carbocycles. The number of nitrogens with one attached hydrogen (secondary N) is 1. The van der Waals surface area contributed by atoms with Crippen LogP contribution >= 0.6 is 0 Å². The standard InChI is InChI=1S/C16H27NO2S/c1-12(2)8-9-20(18)11-15-10-14(13(3)17-4)6-7-16(15)19-5/h6-7,10,12-13,17H,8-9,11H2,1-5H3. The van der Waals surface area contributed by atoms with Crippen LogP contribution in [-0.4, -0.2) is 24.1 Å². The van der Waals surface area contributed by atoms with Crippen LogP contribution in [-0.2, 0) is 16.6 Å². The Bertz CT molecular complexity index is 446. The Morgan fingerprint density at radius 2 is 2.00 bits per heavy atom. The third-order valence-electron chi connectivity index (χ3n) is 3.48. The van der Waals surface area contributed by atoms with Crippen LogP contribution < -0.4 is 10.1 Å². The van der Waals surface area contributed by atoms with E-state index in [2.05, 4.69) is 38.2 Å². The predicted molar refractivity (Wildman–Crippen MR) is 86.6 cm³/mol. The first-order chi connectivity index (χ1) is 9.47. The second-order valence-electron chi connectivity index (χ2n) is 5.55. The fourth-order valence-corrected chi connectivity index (χ4v) is 3.41. The first-order valence-corrected chi connectivity index (χ1v) is 8.65. The zero-order valence-corrected chi connectivity index (χ0v) is 14.0. The zero-order valence-electron chi connectivity index (χ0n) is 13.2. The van der Waals surface area contributed by atoms with Gasteiger partial charge in [-0.3, -0.25) is 4.21 Å². The van der Waals surface area contributed by atoms with E-state index in [1.807, 2.05) is 13.1 Å². The summed E-state index contributed by atoms with van der Waals surface area (Å²) in [6.45, 7) is 6.43. The molecule has 0 aliphatic rings. The van der Waals surface area contributed by atoms with Crippen molar-refractivity contribution in [2.45, 2.75) is 39.0 Å². The van der Waals surface area contributed by atoms with Crippen molar-refractivity contribution in [3.05, 3.63) is 29.3 Å². The first-order valence-electron chi connectivity index (χ1n) is 7.17. The van der Waals surface area contributed by atoms with Gasteiger partial charge in [-0.15, -0.1) is 0 Å². The van der Waals surface area contributed by atoms with Crippen molar-refractivity contribution in [2.75, 3.05) is 19.9 Å². The molecule has 0 aliphatic heterocycles.